The van der Waals surface area contributed by atoms with E-state index in [1.807, 2.05) is 12.1 Å². The summed E-state index contributed by atoms with van der Waals surface area (Å²) in [6.07, 6.45) is 1.75. The monoisotopic (exact) mass is 242 g/mol. The summed E-state index contributed by atoms with van der Waals surface area (Å²) < 4.78 is 5.14. The summed E-state index contributed by atoms with van der Waals surface area (Å²) in [5, 5.41) is 8.80. The Bertz CT molecular complexity index is 471. The molecular weight excluding hydrogens is 224 g/mol. The second kappa shape index (κ2) is 6.22. The Morgan fingerprint density at radius 3 is 1.94 bits per heavy atom. The third-order valence-electron chi connectivity index (χ3n) is 3.00. The Kier molecular flexibility index (Phi) is 4.37. The molecular formula is C16H18O2. The number of rotatable bonds is 5. The maximum Gasteiger partial charge on any atom is 0.118 e. The number of aliphatic hydroxyl groups is 1. The lowest BCUT2D eigenvalue weighted by Crippen LogP contribution is -1.89. The Morgan fingerprint density at radius 2 is 1.44 bits per heavy atom. The predicted molar refractivity (Wildman–Crippen MR) is 73.8 cm³/mol. The van der Waals surface area contributed by atoms with Gasteiger partial charge in [-0.2, -0.15) is 0 Å². The van der Waals surface area contributed by atoms with Gasteiger partial charge in [0.2, 0.25) is 0 Å². The van der Waals surface area contributed by atoms with Crippen LogP contribution in [0.4, 0.5) is 0 Å². The van der Waals surface area contributed by atoms with Crippen molar-refractivity contribution in [2.24, 2.45) is 0 Å². The molecule has 0 saturated carbocycles. The molecule has 2 aromatic carbocycles. The van der Waals surface area contributed by atoms with E-state index in [-0.39, 0.29) is 6.61 Å². The van der Waals surface area contributed by atoms with E-state index in [0.29, 0.717) is 0 Å². The summed E-state index contributed by atoms with van der Waals surface area (Å²) in [7, 11) is 1.67. The smallest absolute Gasteiger partial charge is 0.118 e. The number of aliphatic hydroxyl groups excluding tert-OH is 1. The van der Waals surface area contributed by atoms with Gasteiger partial charge in [-0.25, -0.2) is 0 Å². The molecule has 0 heterocycles. The number of hydrogen-bond donors (Lipinski definition) is 1. The van der Waals surface area contributed by atoms with Gasteiger partial charge in [-0.15, -0.1) is 0 Å². The van der Waals surface area contributed by atoms with Crippen molar-refractivity contribution in [3.8, 4) is 16.9 Å². The van der Waals surface area contributed by atoms with Crippen molar-refractivity contribution in [3.63, 3.8) is 0 Å². The summed E-state index contributed by atoms with van der Waals surface area (Å²) in [5.41, 5.74) is 3.65. The normalized spacial score (nSPS) is 10.3. The fourth-order valence-electron chi connectivity index (χ4n) is 1.93. The zero-order valence-corrected chi connectivity index (χ0v) is 10.6. The predicted octanol–water partition coefficient (Wildman–Crippen LogP) is 3.29. The van der Waals surface area contributed by atoms with Crippen molar-refractivity contribution < 1.29 is 9.84 Å². The second-order valence-corrected chi connectivity index (χ2v) is 4.25. The maximum atomic E-state index is 8.80. The van der Waals surface area contributed by atoms with Crippen LogP contribution in [0.2, 0.25) is 0 Å². The van der Waals surface area contributed by atoms with Crippen molar-refractivity contribution in [1.29, 1.82) is 0 Å². The summed E-state index contributed by atoms with van der Waals surface area (Å²) in [5.74, 6) is 0.873. The molecule has 1 N–H and O–H groups in total. The van der Waals surface area contributed by atoms with Crippen molar-refractivity contribution in [2.75, 3.05) is 13.7 Å². The van der Waals surface area contributed by atoms with Crippen LogP contribution in [0.1, 0.15) is 12.0 Å². The van der Waals surface area contributed by atoms with Gasteiger partial charge in [0.15, 0.2) is 0 Å². The Balaban J connectivity index is 2.12. The molecule has 2 rings (SSSR count). The standard InChI is InChI=1S/C16H18O2/c1-18-16-10-8-15(9-11-16)14-6-4-13(5-7-14)3-2-12-17/h4-11,17H,2-3,12H2,1H3. The van der Waals surface area contributed by atoms with Gasteiger partial charge in [-0.3, -0.25) is 0 Å². The van der Waals surface area contributed by atoms with Crippen molar-refractivity contribution in [1.82, 2.24) is 0 Å². The molecule has 18 heavy (non-hydrogen) atoms. The minimum absolute atomic E-state index is 0.250. The summed E-state index contributed by atoms with van der Waals surface area (Å²) >= 11 is 0. The second-order valence-electron chi connectivity index (χ2n) is 4.25. The SMILES string of the molecule is COc1ccc(-c2ccc(CCCO)cc2)cc1. The molecule has 0 amide bonds. The molecule has 0 unspecified atom stereocenters. The van der Waals surface area contributed by atoms with E-state index in [4.69, 9.17) is 9.84 Å². The lowest BCUT2D eigenvalue weighted by molar-refractivity contribution is 0.288. The van der Waals surface area contributed by atoms with Crippen LogP contribution in [-0.2, 0) is 6.42 Å². The van der Waals surface area contributed by atoms with E-state index in [1.165, 1.54) is 16.7 Å². The fraction of sp³-hybridized carbons (Fsp3) is 0.250. The van der Waals surface area contributed by atoms with Crippen molar-refractivity contribution >= 4 is 0 Å². The molecule has 0 saturated heterocycles. The molecule has 2 aromatic rings. The molecule has 0 aliphatic rings. The van der Waals surface area contributed by atoms with E-state index in [9.17, 15) is 0 Å². The molecule has 0 aliphatic carbocycles. The number of hydrogen-bond acceptors (Lipinski definition) is 2. The highest BCUT2D eigenvalue weighted by Gasteiger charge is 1.99. The molecule has 2 nitrogen and oxygen atoms in total. The highest BCUT2D eigenvalue weighted by Crippen LogP contribution is 2.22. The summed E-state index contributed by atoms with van der Waals surface area (Å²) in [6.45, 7) is 0.250. The van der Waals surface area contributed by atoms with E-state index in [2.05, 4.69) is 36.4 Å². The van der Waals surface area contributed by atoms with Crippen molar-refractivity contribution in [3.05, 3.63) is 54.1 Å². The Labute approximate surface area is 108 Å². The average Bonchev–Trinajstić information content (AvgIpc) is 2.46. The van der Waals surface area contributed by atoms with Gasteiger partial charge < -0.3 is 9.84 Å². The van der Waals surface area contributed by atoms with Crippen LogP contribution < -0.4 is 4.74 Å². The fourth-order valence-corrected chi connectivity index (χ4v) is 1.93. The molecule has 0 atom stereocenters. The van der Waals surface area contributed by atoms with Gasteiger partial charge in [0.1, 0.15) is 5.75 Å². The molecule has 0 fully saturated rings. The van der Waals surface area contributed by atoms with Crippen LogP contribution in [0.5, 0.6) is 5.75 Å². The van der Waals surface area contributed by atoms with Crippen LogP contribution in [0.25, 0.3) is 11.1 Å². The first kappa shape index (κ1) is 12.7. The first-order valence-corrected chi connectivity index (χ1v) is 6.17. The quantitative estimate of drug-likeness (QED) is 0.871. The highest BCUT2D eigenvalue weighted by atomic mass is 16.5. The van der Waals surface area contributed by atoms with E-state index < -0.39 is 0 Å². The molecule has 0 spiro atoms. The Hall–Kier alpha value is -1.80. The maximum absolute atomic E-state index is 8.80. The first-order valence-electron chi connectivity index (χ1n) is 6.17. The van der Waals surface area contributed by atoms with Crippen LogP contribution in [0, 0.1) is 0 Å². The molecule has 0 bridgehead atoms. The van der Waals surface area contributed by atoms with E-state index >= 15 is 0 Å². The lowest BCUT2D eigenvalue weighted by Gasteiger charge is -2.05. The molecule has 0 radical (unpaired) electrons. The van der Waals surface area contributed by atoms with Gasteiger partial charge in [0, 0.05) is 6.61 Å². The van der Waals surface area contributed by atoms with Crippen LogP contribution in [0.15, 0.2) is 48.5 Å². The minimum Gasteiger partial charge on any atom is -0.497 e. The molecule has 0 aromatic heterocycles. The zero-order valence-electron chi connectivity index (χ0n) is 10.6. The third kappa shape index (κ3) is 3.11. The third-order valence-corrected chi connectivity index (χ3v) is 3.00. The van der Waals surface area contributed by atoms with Gasteiger partial charge in [-0.1, -0.05) is 36.4 Å². The number of methoxy groups -OCH3 is 1. The lowest BCUT2D eigenvalue weighted by atomic mass is 10.0. The van der Waals surface area contributed by atoms with E-state index in [0.717, 1.165) is 18.6 Å². The van der Waals surface area contributed by atoms with Gasteiger partial charge in [0.25, 0.3) is 0 Å². The number of benzene rings is 2. The zero-order chi connectivity index (χ0) is 12.8. The largest absolute Gasteiger partial charge is 0.497 e. The van der Waals surface area contributed by atoms with Crippen molar-refractivity contribution in [2.45, 2.75) is 12.8 Å². The Morgan fingerprint density at radius 1 is 0.889 bits per heavy atom. The molecule has 0 aliphatic heterocycles. The summed E-state index contributed by atoms with van der Waals surface area (Å²) in [6, 6.07) is 16.5. The van der Waals surface area contributed by atoms with Crippen LogP contribution >= 0.6 is 0 Å². The van der Waals surface area contributed by atoms with E-state index in [1.54, 1.807) is 7.11 Å². The molecule has 94 valence electrons. The highest BCUT2D eigenvalue weighted by molar-refractivity contribution is 5.64. The van der Waals surface area contributed by atoms with Gasteiger partial charge in [-0.05, 0) is 41.7 Å². The average molecular weight is 242 g/mol. The van der Waals surface area contributed by atoms with Crippen LogP contribution in [0.3, 0.4) is 0 Å². The number of aryl methyl sites for hydroxylation is 1. The first-order chi connectivity index (χ1) is 8.83. The minimum atomic E-state index is 0.250. The van der Waals surface area contributed by atoms with Crippen LogP contribution in [-0.4, -0.2) is 18.8 Å². The topological polar surface area (TPSA) is 29.5 Å². The molecule has 2 heteroatoms. The summed E-state index contributed by atoms with van der Waals surface area (Å²) in [4.78, 5) is 0. The number of ether oxygens (including phenoxy) is 1. The van der Waals surface area contributed by atoms with Gasteiger partial charge in [0.05, 0.1) is 7.11 Å². The van der Waals surface area contributed by atoms with Gasteiger partial charge >= 0.3 is 0 Å².